The van der Waals surface area contributed by atoms with Gasteiger partial charge in [0.05, 0.1) is 11.0 Å². The van der Waals surface area contributed by atoms with Crippen molar-refractivity contribution in [2.75, 3.05) is 7.11 Å². The first-order valence-electron chi connectivity index (χ1n) is 6.05. The van der Waals surface area contributed by atoms with E-state index in [-0.39, 0.29) is 17.1 Å². The molecule has 0 heterocycles. The summed E-state index contributed by atoms with van der Waals surface area (Å²) in [5, 5.41) is 0. The van der Waals surface area contributed by atoms with Gasteiger partial charge in [0.1, 0.15) is 6.10 Å². The number of aryl methyl sites for hydroxylation is 1. The van der Waals surface area contributed by atoms with Crippen molar-refractivity contribution in [1.82, 2.24) is 0 Å². The van der Waals surface area contributed by atoms with E-state index in [0.717, 1.165) is 24.8 Å². The van der Waals surface area contributed by atoms with Crippen LogP contribution in [-0.4, -0.2) is 27.7 Å². The molecule has 2 atom stereocenters. The molecule has 0 N–H and O–H groups in total. The van der Waals surface area contributed by atoms with Gasteiger partial charge < -0.3 is 4.74 Å². The summed E-state index contributed by atoms with van der Waals surface area (Å²) in [5.41, 5.74) is 1.02. The molecule has 18 heavy (non-hydrogen) atoms. The first-order chi connectivity index (χ1) is 8.53. The number of benzene rings is 1. The van der Waals surface area contributed by atoms with Crippen LogP contribution in [0.4, 0.5) is 0 Å². The lowest BCUT2D eigenvalue weighted by Gasteiger charge is -2.18. The Morgan fingerprint density at radius 3 is 2.33 bits per heavy atom. The Morgan fingerprint density at radius 1 is 1.11 bits per heavy atom. The molecule has 1 aliphatic rings. The highest BCUT2D eigenvalue weighted by Gasteiger charge is 2.32. The Kier molecular flexibility index (Phi) is 4.04. The summed E-state index contributed by atoms with van der Waals surface area (Å²) in [7, 11) is -2.10. The highest BCUT2D eigenvalue weighted by atomic mass is 32.2. The summed E-state index contributed by atoms with van der Waals surface area (Å²) in [6, 6.07) is 6.67. The molecule has 0 bridgehead atoms. The molecular weight excluding hydrogens is 252 g/mol. The van der Waals surface area contributed by atoms with Gasteiger partial charge in [0.25, 0.3) is 10.1 Å². The van der Waals surface area contributed by atoms with Crippen molar-refractivity contribution < 1.29 is 17.3 Å². The van der Waals surface area contributed by atoms with Crippen molar-refractivity contribution in [3.63, 3.8) is 0 Å². The van der Waals surface area contributed by atoms with Gasteiger partial charge in [-0.1, -0.05) is 17.7 Å². The number of rotatable bonds is 4. The molecule has 2 unspecified atom stereocenters. The minimum atomic E-state index is -3.68. The summed E-state index contributed by atoms with van der Waals surface area (Å²) in [6.45, 7) is 1.91. The monoisotopic (exact) mass is 270 g/mol. The molecule has 1 fully saturated rings. The van der Waals surface area contributed by atoms with Crippen LogP contribution in [0.25, 0.3) is 0 Å². The minimum Gasteiger partial charge on any atom is -0.379 e. The number of ether oxygens (including phenoxy) is 1. The average molecular weight is 270 g/mol. The maximum atomic E-state index is 12.1. The van der Waals surface area contributed by atoms with Crippen molar-refractivity contribution >= 4 is 10.1 Å². The van der Waals surface area contributed by atoms with Crippen LogP contribution in [-0.2, 0) is 19.0 Å². The van der Waals surface area contributed by atoms with E-state index in [9.17, 15) is 8.42 Å². The second-order valence-electron chi connectivity index (χ2n) is 4.61. The fourth-order valence-electron chi connectivity index (χ4n) is 2.19. The van der Waals surface area contributed by atoms with Gasteiger partial charge in [-0.15, -0.1) is 0 Å². The molecule has 100 valence electrons. The van der Waals surface area contributed by atoms with Gasteiger partial charge >= 0.3 is 0 Å². The number of hydrogen-bond donors (Lipinski definition) is 0. The van der Waals surface area contributed by atoms with E-state index in [1.54, 1.807) is 31.4 Å². The quantitative estimate of drug-likeness (QED) is 0.788. The first kappa shape index (κ1) is 13.5. The third-order valence-corrected chi connectivity index (χ3v) is 4.60. The van der Waals surface area contributed by atoms with Crippen LogP contribution < -0.4 is 0 Å². The molecule has 5 heteroatoms. The second-order valence-corrected chi connectivity index (χ2v) is 6.18. The predicted molar refractivity (Wildman–Crippen MR) is 67.9 cm³/mol. The summed E-state index contributed by atoms with van der Waals surface area (Å²) in [6.07, 6.45) is 2.03. The van der Waals surface area contributed by atoms with Crippen LogP contribution in [0.3, 0.4) is 0 Å². The largest absolute Gasteiger partial charge is 0.379 e. The third-order valence-electron chi connectivity index (χ3n) is 3.25. The second kappa shape index (κ2) is 5.38. The van der Waals surface area contributed by atoms with Gasteiger partial charge in [-0.05, 0) is 38.3 Å². The zero-order chi connectivity index (χ0) is 13.2. The van der Waals surface area contributed by atoms with E-state index in [1.165, 1.54) is 0 Å². The minimum absolute atomic E-state index is 0.120. The zero-order valence-corrected chi connectivity index (χ0v) is 11.4. The maximum absolute atomic E-state index is 12.1. The Morgan fingerprint density at radius 2 is 1.72 bits per heavy atom. The van der Waals surface area contributed by atoms with Crippen LogP contribution >= 0.6 is 0 Å². The molecule has 0 radical (unpaired) electrons. The molecule has 1 aromatic rings. The van der Waals surface area contributed by atoms with Gasteiger partial charge in [0, 0.05) is 7.11 Å². The normalized spacial score (nSPS) is 24.3. The topological polar surface area (TPSA) is 52.6 Å². The molecular formula is C13H18O4S. The predicted octanol–water partition coefficient (Wildman–Crippen LogP) is 2.27. The fourth-order valence-corrected chi connectivity index (χ4v) is 3.32. The highest BCUT2D eigenvalue weighted by molar-refractivity contribution is 7.86. The van der Waals surface area contributed by atoms with Crippen LogP contribution in [0, 0.1) is 6.92 Å². The van der Waals surface area contributed by atoms with E-state index >= 15 is 0 Å². The van der Waals surface area contributed by atoms with Crippen LogP contribution in [0.15, 0.2) is 29.2 Å². The Hall–Kier alpha value is -0.910. The zero-order valence-electron chi connectivity index (χ0n) is 10.6. The third kappa shape index (κ3) is 2.91. The SMILES string of the molecule is COC1CCCC1OS(=O)(=O)c1ccc(C)cc1. The Balaban J connectivity index is 2.14. The average Bonchev–Trinajstić information content (AvgIpc) is 2.76. The Bertz CT molecular complexity index is 492. The van der Waals surface area contributed by atoms with Crippen molar-refractivity contribution in [3.8, 4) is 0 Å². The van der Waals surface area contributed by atoms with Gasteiger partial charge in [0.2, 0.25) is 0 Å². The van der Waals surface area contributed by atoms with Crippen molar-refractivity contribution in [1.29, 1.82) is 0 Å². The summed E-state index contributed by atoms with van der Waals surface area (Å²) >= 11 is 0. The van der Waals surface area contributed by atoms with Gasteiger partial charge in [-0.2, -0.15) is 8.42 Å². The maximum Gasteiger partial charge on any atom is 0.297 e. The fraction of sp³-hybridized carbons (Fsp3) is 0.538. The molecule has 0 saturated heterocycles. The van der Waals surface area contributed by atoms with Crippen LogP contribution in [0.1, 0.15) is 24.8 Å². The first-order valence-corrected chi connectivity index (χ1v) is 7.46. The summed E-state index contributed by atoms with van der Waals surface area (Å²) in [5.74, 6) is 0. The van der Waals surface area contributed by atoms with Crippen LogP contribution in [0.5, 0.6) is 0 Å². The lowest BCUT2D eigenvalue weighted by atomic mass is 10.2. The number of hydrogen-bond acceptors (Lipinski definition) is 4. The molecule has 0 amide bonds. The van der Waals surface area contributed by atoms with Crippen molar-refractivity contribution in [2.24, 2.45) is 0 Å². The summed E-state index contributed by atoms with van der Waals surface area (Å²) < 4.78 is 34.7. The van der Waals surface area contributed by atoms with E-state index in [0.29, 0.717) is 0 Å². The summed E-state index contributed by atoms with van der Waals surface area (Å²) in [4.78, 5) is 0.204. The molecule has 0 spiro atoms. The van der Waals surface area contributed by atoms with E-state index in [4.69, 9.17) is 8.92 Å². The molecule has 0 aromatic heterocycles. The molecule has 1 aromatic carbocycles. The lowest BCUT2D eigenvalue weighted by molar-refractivity contribution is 0.0259. The highest BCUT2D eigenvalue weighted by Crippen LogP contribution is 2.27. The van der Waals surface area contributed by atoms with Gasteiger partial charge in [0.15, 0.2) is 0 Å². The lowest BCUT2D eigenvalue weighted by Crippen LogP contribution is -2.27. The van der Waals surface area contributed by atoms with Gasteiger partial charge in [-0.25, -0.2) is 0 Å². The van der Waals surface area contributed by atoms with E-state index in [2.05, 4.69) is 0 Å². The molecule has 1 saturated carbocycles. The van der Waals surface area contributed by atoms with E-state index < -0.39 is 10.1 Å². The van der Waals surface area contributed by atoms with Crippen LogP contribution in [0.2, 0.25) is 0 Å². The Labute approximate surface area is 108 Å². The van der Waals surface area contributed by atoms with E-state index in [1.807, 2.05) is 6.92 Å². The van der Waals surface area contributed by atoms with Crippen molar-refractivity contribution in [3.05, 3.63) is 29.8 Å². The van der Waals surface area contributed by atoms with Gasteiger partial charge in [-0.3, -0.25) is 4.18 Å². The molecule has 0 aliphatic heterocycles. The van der Waals surface area contributed by atoms with Crippen molar-refractivity contribution in [2.45, 2.75) is 43.3 Å². The smallest absolute Gasteiger partial charge is 0.297 e. The molecule has 1 aliphatic carbocycles. The molecule has 2 rings (SSSR count). The molecule has 4 nitrogen and oxygen atoms in total. The number of methoxy groups -OCH3 is 1. The standard InChI is InChI=1S/C13H18O4S/c1-10-6-8-11(9-7-10)18(14,15)17-13-5-3-4-12(13)16-2/h6-9,12-13H,3-5H2,1-2H3.